The van der Waals surface area contributed by atoms with Crippen LogP contribution in [0.5, 0.6) is 5.75 Å². The summed E-state index contributed by atoms with van der Waals surface area (Å²) in [4.78, 5) is 26.5. The molecular formula is C30H32F3N7O2. The van der Waals surface area contributed by atoms with Crippen LogP contribution in [0.2, 0.25) is 0 Å². The molecule has 0 aliphatic carbocycles. The summed E-state index contributed by atoms with van der Waals surface area (Å²) in [6.07, 6.45) is 2.06. The molecule has 1 saturated heterocycles. The molecule has 4 aromatic rings. The molecule has 1 aliphatic heterocycles. The molecule has 1 aromatic carbocycles. The first-order valence-electron chi connectivity index (χ1n) is 13.6. The van der Waals surface area contributed by atoms with Gasteiger partial charge in [0.2, 0.25) is 0 Å². The van der Waals surface area contributed by atoms with E-state index in [0.717, 1.165) is 49.6 Å². The van der Waals surface area contributed by atoms with Gasteiger partial charge in [0, 0.05) is 61.7 Å². The first-order valence-corrected chi connectivity index (χ1v) is 13.6. The Hall–Kier alpha value is -4.32. The third kappa shape index (κ3) is 6.93. The van der Waals surface area contributed by atoms with Gasteiger partial charge in [0.05, 0.1) is 29.5 Å². The van der Waals surface area contributed by atoms with Crippen LogP contribution in [0.1, 0.15) is 42.4 Å². The molecular weight excluding hydrogens is 547 g/mol. The van der Waals surface area contributed by atoms with Crippen molar-refractivity contribution >= 4 is 11.5 Å². The Labute approximate surface area is 242 Å². The average molecular weight is 580 g/mol. The Morgan fingerprint density at radius 1 is 1.00 bits per heavy atom. The van der Waals surface area contributed by atoms with E-state index in [0.29, 0.717) is 22.6 Å². The minimum absolute atomic E-state index is 0.0637. The van der Waals surface area contributed by atoms with E-state index in [2.05, 4.69) is 61.7 Å². The Morgan fingerprint density at radius 3 is 2.48 bits per heavy atom. The molecule has 0 spiro atoms. The van der Waals surface area contributed by atoms with Crippen molar-refractivity contribution in [1.29, 1.82) is 0 Å². The van der Waals surface area contributed by atoms with Crippen LogP contribution < -0.4 is 9.64 Å². The monoisotopic (exact) mass is 579 g/mol. The molecule has 0 unspecified atom stereocenters. The number of carbonyl (C=O) groups excluding carboxylic acids is 1. The van der Waals surface area contributed by atoms with Crippen molar-refractivity contribution in [3.05, 3.63) is 78.0 Å². The Balaban J connectivity index is 1.31. The van der Waals surface area contributed by atoms with Gasteiger partial charge in [-0.3, -0.25) is 19.7 Å². The van der Waals surface area contributed by atoms with Gasteiger partial charge < -0.3 is 9.64 Å². The van der Waals surface area contributed by atoms with Gasteiger partial charge in [-0.15, -0.1) is 18.3 Å². The number of ketones is 1. The molecule has 0 N–H and O–H groups in total. The molecule has 12 heteroatoms. The quantitative estimate of drug-likeness (QED) is 0.274. The minimum Gasteiger partial charge on any atom is -0.406 e. The number of nitrogens with zero attached hydrogens (tertiary/aromatic N) is 7. The van der Waals surface area contributed by atoms with Gasteiger partial charge in [0.1, 0.15) is 11.4 Å². The number of carbonyl (C=O) groups is 1. The van der Waals surface area contributed by atoms with Crippen LogP contribution in [0.4, 0.5) is 18.9 Å². The second kappa shape index (κ2) is 11.5. The van der Waals surface area contributed by atoms with E-state index in [4.69, 9.17) is 0 Å². The van der Waals surface area contributed by atoms with E-state index in [-0.39, 0.29) is 23.3 Å². The third-order valence-corrected chi connectivity index (χ3v) is 7.22. The summed E-state index contributed by atoms with van der Waals surface area (Å²) in [5, 5.41) is 8.65. The SMILES string of the molecule is Cc1ncc(CC(=O)c2cccc(OC(F)(F)F)c2)cc1-n1cc(-c2cncc(N3CCN(C(C)(C)C)CC3)c2)nn1. The van der Waals surface area contributed by atoms with E-state index in [1.165, 1.54) is 12.1 Å². The molecule has 1 fully saturated rings. The van der Waals surface area contributed by atoms with Gasteiger partial charge in [-0.25, -0.2) is 4.68 Å². The molecule has 220 valence electrons. The number of hydrogen-bond acceptors (Lipinski definition) is 8. The summed E-state index contributed by atoms with van der Waals surface area (Å²) in [6, 6.07) is 8.86. The van der Waals surface area contributed by atoms with Gasteiger partial charge in [-0.1, -0.05) is 17.3 Å². The number of aromatic nitrogens is 5. The number of rotatable bonds is 7. The lowest BCUT2D eigenvalue weighted by molar-refractivity contribution is -0.274. The first-order chi connectivity index (χ1) is 19.9. The highest BCUT2D eigenvalue weighted by atomic mass is 19.4. The number of aryl methyl sites for hydroxylation is 1. The highest BCUT2D eigenvalue weighted by Gasteiger charge is 2.31. The smallest absolute Gasteiger partial charge is 0.406 e. The molecule has 0 amide bonds. The van der Waals surface area contributed by atoms with E-state index in [1.54, 1.807) is 29.3 Å². The molecule has 4 heterocycles. The van der Waals surface area contributed by atoms with Crippen LogP contribution in [-0.2, 0) is 6.42 Å². The molecule has 0 radical (unpaired) electrons. The first kappa shape index (κ1) is 29.2. The van der Waals surface area contributed by atoms with E-state index in [1.807, 2.05) is 13.1 Å². The third-order valence-electron chi connectivity index (χ3n) is 7.22. The Bertz CT molecular complexity index is 1570. The minimum atomic E-state index is -4.84. The number of hydrogen-bond donors (Lipinski definition) is 0. The van der Waals surface area contributed by atoms with Gasteiger partial charge in [-0.2, -0.15) is 0 Å². The fraction of sp³-hybridized carbons (Fsp3) is 0.367. The lowest BCUT2D eigenvalue weighted by Crippen LogP contribution is -2.53. The number of pyridine rings is 2. The summed E-state index contributed by atoms with van der Waals surface area (Å²) in [6.45, 7) is 12.3. The van der Waals surface area contributed by atoms with Gasteiger partial charge in [-0.05, 0) is 57.5 Å². The van der Waals surface area contributed by atoms with Crippen molar-refractivity contribution in [2.75, 3.05) is 31.1 Å². The van der Waals surface area contributed by atoms with Crippen LogP contribution in [0, 0.1) is 6.92 Å². The lowest BCUT2D eigenvalue weighted by atomic mass is 10.0. The number of anilines is 1. The maximum Gasteiger partial charge on any atom is 0.573 e. The summed E-state index contributed by atoms with van der Waals surface area (Å²) < 4.78 is 43.3. The number of alkyl halides is 3. The number of ether oxygens (including phenoxy) is 1. The van der Waals surface area contributed by atoms with Crippen LogP contribution >= 0.6 is 0 Å². The van der Waals surface area contributed by atoms with Crippen LogP contribution in [0.25, 0.3) is 16.9 Å². The Morgan fingerprint density at radius 2 is 1.76 bits per heavy atom. The Kier molecular flexibility index (Phi) is 8.00. The standard InChI is InChI=1S/C30H32F3N7O2/c1-20-27(12-21(16-35-20)13-28(41)22-6-5-7-25(15-22)42-30(31,32)33)40-19-26(36-37-40)23-14-24(18-34-17-23)38-8-10-39(11-9-38)29(2,3)4/h5-7,12,14-19H,8-11,13H2,1-4H3. The van der Waals surface area contributed by atoms with Crippen molar-refractivity contribution in [3.8, 4) is 22.7 Å². The van der Waals surface area contributed by atoms with Crippen molar-refractivity contribution in [1.82, 2.24) is 29.9 Å². The van der Waals surface area contributed by atoms with Crippen molar-refractivity contribution in [3.63, 3.8) is 0 Å². The number of benzene rings is 1. The second-order valence-electron chi connectivity index (χ2n) is 11.2. The highest BCUT2D eigenvalue weighted by molar-refractivity contribution is 5.97. The van der Waals surface area contributed by atoms with Gasteiger partial charge in [0.25, 0.3) is 0 Å². The zero-order valence-corrected chi connectivity index (χ0v) is 23.9. The van der Waals surface area contributed by atoms with E-state index >= 15 is 0 Å². The predicted octanol–water partition coefficient (Wildman–Crippen LogP) is 5.28. The zero-order valence-electron chi connectivity index (χ0n) is 23.9. The topological polar surface area (TPSA) is 89.3 Å². The molecule has 0 atom stereocenters. The number of halogens is 3. The lowest BCUT2D eigenvalue weighted by Gasteiger charge is -2.43. The molecule has 9 nitrogen and oxygen atoms in total. The second-order valence-corrected chi connectivity index (χ2v) is 11.2. The van der Waals surface area contributed by atoms with Crippen molar-refractivity contribution in [2.45, 2.75) is 46.0 Å². The summed E-state index contributed by atoms with van der Waals surface area (Å²) in [5.74, 6) is -0.818. The molecule has 0 saturated carbocycles. The summed E-state index contributed by atoms with van der Waals surface area (Å²) in [5.41, 5.74) is 4.63. The maximum absolute atomic E-state index is 12.9. The highest BCUT2D eigenvalue weighted by Crippen LogP contribution is 2.27. The normalized spacial score (nSPS) is 14.7. The van der Waals surface area contributed by atoms with Crippen LogP contribution in [0.15, 0.2) is 61.2 Å². The van der Waals surface area contributed by atoms with Gasteiger partial charge in [0.15, 0.2) is 5.78 Å². The van der Waals surface area contributed by atoms with Crippen LogP contribution in [0.3, 0.4) is 0 Å². The average Bonchev–Trinajstić information content (AvgIpc) is 3.43. The molecule has 42 heavy (non-hydrogen) atoms. The van der Waals surface area contributed by atoms with E-state index < -0.39 is 12.1 Å². The number of piperazine rings is 1. The van der Waals surface area contributed by atoms with Crippen LogP contribution in [-0.4, -0.2) is 73.7 Å². The fourth-order valence-electron chi connectivity index (χ4n) is 4.94. The zero-order chi connectivity index (χ0) is 30.1. The largest absolute Gasteiger partial charge is 0.573 e. The summed E-state index contributed by atoms with van der Waals surface area (Å²) in [7, 11) is 0. The fourth-order valence-corrected chi connectivity index (χ4v) is 4.94. The molecule has 1 aliphatic rings. The molecule has 3 aromatic heterocycles. The van der Waals surface area contributed by atoms with Crippen molar-refractivity contribution in [2.24, 2.45) is 0 Å². The van der Waals surface area contributed by atoms with Crippen molar-refractivity contribution < 1.29 is 22.7 Å². The predicted molar refractivity (Wildman–Crippen MR) is 152 cm³/mol. The molecule has 0 bridgehead atoms. The number of Topliss-reactive ketones (excluding diaryl/α,β-unsaturated/α-hetero) is 1. The maximum atomic E-state index is 12.9. The van der Waals surface area contributed by atoms with E-state index in [9.17, 15) is 18.0 Å². The summed E-state index contributed by atoms with van der Waals surface area (Å²) >= 11 is 0. The van der Waals surface area contributed by atoms with Gasteiger partial charge >= 0.3 is 6.36 Å². The molecule has 5 rings (SSSR count).